The zero-order chi connectivity index (χ0) is 82.0. The first-order chi connectivity index (χ1) is 52.6. The fourth-order valence-electron chi connectivity index (χ4n) is 16.5. The molecule has 0 bridgehead atoms. The van der Waals surface area contributed by atoms with Gasteiger partial charge >= 0.3 is 18.5 Å². The predicted molar refractivity (Wildman–Crippen MR) is 424 cm³/mol. The van der Waals surface area contributed by atoms with Crippen LogP contribution in [-0.4, -0.2) is 108 Å². The molecule has 3 aromatic heterocycles. The number of nitrogens with zero attached hydrogens (tertiary/aromatic N) is 2. The van der Waals surface area contributed by atoms with E-state index in [1.807, 2.05) is 0 Å². The Labute approximate surface area is 667 Å². The van der Waals surface area contributed by atoms with Crippen molar-refractivity contribution in [2.45, 2.75) is 249 Å². The summed E-state index contributed by atoms with van der Waals surface area (Å²) in [6.07, 6.45) is -4.96. The minimum absolute atomic E-state index is 0.0440. The number of alkyl halides is 9. The highest BCUT2D eigenvalue weighted by molar-refractivity contribution is 7.92. The van der Waals surface area contributed by atoms with E-state index in [1.165, 1.54) is 31.3 Å². The molecule has 3 aliphatic heterocycles. The third kappa shape index (κ3) is 24.3. The van der Waals surface area contributed by atoms with Crippen LogP contribution in [0.1, 0.15) is 220 Å². The molecular weight excluding hydrogens is 1570 g/mol. The van der Waals surface area contributed by atoms with Crippen LogP contribution in [0.3, 0.4) is 0 Å². The number of benzene rings is 3. The number of thiophene rings is 3. The van der Waals surface area contributed by atoms with Crippen molar-refractivity contribution >= 4 is 87.2 Å². The van der Waals surface area contributed by atoms with Crippen molar-refractivity contribution < 1.29 is 83.9 Å². The average molecular weight is 1680 g/mol. The molecule has 3 fully saturated rings. The Morgan fingerprint density at radius 2 is 0.723 bits per heavy atom. The van der Waals surface area contributed by atoms with Crippen LogP contribution >= 0.6 is 34.0 Å². The molecule has 13 nitrogen and oxygen atoms in total. The Kier molecular flexibility index (Phi) is 31.3. The molecule has 1 unspecified atom stereocenters. The van der Waals surface area contributed by atoms with Gasteiger partial charge in [0.25, 0.3) is 0 Å². The number of halogens is 9. The molecule has 3 saturated carbocycles. The molecule has 1 N–H and O–H groups in total. The van der Waals surface area contributed by atoms with E-state index in [9.17, 15) is 83.9 Å². The van der Waals surface area contributed by atoms with Crippen LogP contribution in [0.2, 0.25) is 0 Å². The summed E-state index contributed by atoms with van der Waals surface area (Å²) >= 11 is 5.11. The van der Waals surface area contributed by atoms with Crippen molar-refractivity contribution in [3.8, 4) is 0 Å². The maximum Gasteiger partial charge on any atom is 0.391 e. The molecule has 112 heavy (non-hydrogen) atoms. The van der Waals surface area contributed by atoms with Crippen molar-refractivity contribution in [1.29, 1.82) is 0 Å². The van der Waals surface area contributed by atoms with E-state index in [0.29, 0.717) is 105 Å². The van der Waals surface area contributed by atoms with Gasteiger partial charge in [-0.05, 0) is 195 Å². The van der Waals surface area contributed by atoms with Crippen LogP contribution in [0, 0.1) is 53.3 Å². The minimum Gasteiger partial charge on any atom is -0.305 e. The van der Waals surface area contributed by atoms with Crippen molar-refractivity contribution in [1.82, 2.24) is 15.1 Å². The molecular formula is C84H108F9N3O10S6. The van der Waals surface area contributed by atoms with Crippen LogP contribution in [0.5, 0.6) is 0 Å². The molecule has 6 aromatic rings. The van der Waals surface area contributed by atoms with Gasteiger partial charge in [0.2, 0.25) is 0 Å². The summed E-state index contributed by atoms with van der Waals surface area (Å²) in [6, 6.07) is 27.1. The normalized spacial score (nSPS) is 22.5. The summed E-state index contributed by atoms with van der Waals surface area (Å²) in [4.78, 5) is 61.1. The number of aldehydes is 1. The topological polar surface area (TPSA) is 189 Å². The van der Waals surface area contributed by atoms with Crippen LogP contribution in [0.4, 0.5) is 39.5 Å². The van der Waals surface area contributed by atoms with Crippen molar-refractivity contribution in [3.05, 3.63) is 154 Å². The van der Waals surface area contributed by atoms with Crippen LogP contribution in [-0.2, 0) is 107 Å². The molecule has 3 aliphatic carbocycles. The lowest BCUT2D eigenvalue weighted by molar-refractivity contribution is -0.185. The van der Waals surface area contributed by atoms with Gasteiger partial charge < -0.3 is 10.1 Å². The second-order valence-electron chi connectivity index (χ2n) is 32.3. The van der Waals surface area contributed by atoms with Gasteiger partial charge in [-0.3, -0.25) is 24.2 Å². The zero-order valence-corrected chi connectivity index (χ0v) is 70.3. The van der Waals surface area contributed by atoms with Gasteiger partial charge in [0.15, 0.2) is 29.5 Å². The Hall–Kier alpha value is -5.46. The smallest absolute Gasteiger partial charge is 0.305 e. The van der Waals surface area contributed by atoms with Crippen molar-refractivity contribution in [2.24, 2.45) is 53.3 Å². The molecule has 0 radical (unpaired) electrons. The third-order valence-electron chi connectivity index (χ3n) is 22.8. The van der Waals surface area contributed by atoms with Gasteiger partial charge in [-0.1, -0.05) is 98.7 Å². The molecule has 0 saturated heterocycles. The van der Waals surface area contributed by atoms with Crippen LogP contribution < -0.4 is 5.32 Å². The van der Waals surface area contributed by atoms with Gasteiger partial charge in [0, 0.05) is 125 Å². The van der Waals surface area contributed by atoms with E-state index in [2.05, 4.69) is 74.9 Å². The molecule has 12 rings (SSSR count). The second kappa shape index (κ2) is 38.7. The van der Waals surface area contributed by atoms with Gasteiger partial charge in [0.05, 0.1) is 49.7 Å². The van der Waals surface area contributed by atoms with Crippen molar-refractivity contribution in [3.63, 3.8) is 0 Å². The average Bonchev–Trinajstić information content (AvgIpc) is 1.62. The Bertz CT molecular complexity index is 4300. The first-order valence-electron chi connectivity index (χ1n) is 39.3. The molecule has 6 heterocycles. The van der Waals surface area contributed by atoms with Gasteiger partial charge in [-0.25, -0.2) is 25.3 Å². The van der Waals surface area contributed by atoms with Gasteiger partial charge in [0.1, 0.15) is 23.6 Å². The number of ketones is 3. The molecule has 3 atom stereocenters. The number of fused-ring (bicyclic) bond motifs is 3. The summed E-state index contributed by atoms with van der Waals surface area (Å²) in [7, 11) is -9.71. The van der Waals surface area contributed by atoms with Crippen molar-refractivity contribution in [2.75, 3.05) is 30.3 Å². The summed E-state index contributed by atoms with van der Waals surface area (Å²) in [6.45, 7) is 22.1. The number of hydrogen-bond acceptors (Lipinski definition) is 16. The molecule has 0 amide bonds. The number of hydrogen-bond donors (Lipinski definition) is 1. The molecule has 28 heteroatoms. The van der Waals surface area contributed by atoms with E-state index < -0.39 is 65.8 Å². The Morgan fingerprint density at radius 3 is 1.00 bits per heavy atom. The molecule has 6 aliphatic rings. The first-order valence-corrected chi connectivity index (χ1v) is 46.7. The maximum atomic E-state index is 13.0. The second-order valence-corrected chi connectivity index (χ2v) is 42.6. The fraction of sp³-hybridized carbons (Fsp3) is 0.595. The van der Waals surface area contributed by atoms with E-state index in [4.69, 9.17) is 0 Å². The number of carbonyl (C=O) groups excluding carboxylic acids is 4. The van der Waals surface area contributed by atoms with E-state index in [0.717, 1.165) is 70.3 Å². The number of sulfone groups is 3. The summed E-state index contributed by atoms with van der Waals surface area (Å²) in [5, 5.41) is 3.52. The third-order valence-corrected chi connectivity index (χ3v) is 31.8. The SMILES string of the molecule is CCS(=O)(=O)c1ccc(CC(=O)Cc2cc3c(s2)C(C(C)C)NC3)cc1.CCS(=O)(=O)c1ccc(CC(=O)Cc2cc3c(s2)[C@@H](C(C)C)N(CC2CCC(C(F)(F)F)CC2)C3)cc1.CCS(=O)(=O)c1ccc(CC(=O)Cc2cc3c(s2)[C@H](C(C)C)N(CC2CCC(C(F)(F)F)CC2)C3)cc1.O=CC1CCC(C(F)(F)F)CC1. The van der Waals surface area contributed by atoms with E-state index in [1.54, 1.807) is 128 Å². The Morgan fingerprint density at radius 1 is 0.429 bits per heavy atom. The van der Waals surface area contributed by atoms with E-state index >= 15 is 0 Å². The molecule has 618 valence electrons. The predicted octanol–water partition coefficient (Wildman–Crippen LogP) is 19.8. The van der Waals surface area contributed by atoms with Crippen LogP contribution in [0.15, 0.2) is 106 Å². The highest BCUT2D eigenvalue weighted by Crippen LogP contribution is 2.49. The maximum absolute atomic E-state index is 13.0. The summed E-state index contributed by atoms with van der Waals surface area (Å²) in [5.74, 6) is -1.22. The molecule has 3 aromatic carbocycles. The quantitative estimate of drug-likeness (QED) is 0.0399. The Balaban J connectivity index is 0.000000181. The largest absolute Gasteiger partial charge is 0.391 e. The molecule has 0 spiro atoms. The summed E-state index contributed by atoms with van der Waals surface area (Å²) in [5.41, 5.74) is 6.27. The monoisotopic (exact) mass is 1680 g/mol. The number of nitrogens with one attached hydrogen (secondary N) is 1. The van der Waals surface area contributed by atoms with Crippen LogP contribution in [0.25, 0.3) is 0 Å². The number of rotatable bonds is 26. The van der Waals surface area contributed by atoms with Gasteiger partial charge in [-0.2, -0.15) is 39.5 Å². The standard InChI is InChI=1S/2C28H36F3NO3S2.C20H25NO3S2.C8H11F3O/c2*1-4-37(34,35)25-11-7-19(8-12-25)13-23(33)15-24-14-21-17-32(26(18(2)3)27(21)36-24)16-20-5-9-22(10-6-20)28(29,30)31;1-4-26(23,24)18-7-5-14(6-8-18)9-16(22)11-17-10-15-12-21-19(13(2)3)20(15)25-17;9-8(10,11)7-3-1-6(5-12)2-4-7/h2*7-8,11-12,14,18,20,22,26H,4-6,9-10,13,15-17H2,1-3H3;5-8,10,13,19,21H,4,9,11-12H2,1-3H3;5-7H,1-4H2/t2*20?,22?,26-;;/m10../s1. The highest BCUT2D eigenvalue weighted by atomic mass is 32.2. The van der Waals surface area contributed by atoms with Gasteiger partial charge in [-0.15, -0.1) is 34.0 Å². The first kappa shape index (κ1) is 90.5. The number of carbonyl (C=O) groups is 4. The lowest BCUT2D eigenvalue weighted by Crippen LogP contribution is -2.35. The highest BCUT2D eigenvalue weighted by Gasteiger charge is 2.46. The lowest BCUT2D eigenvalue weighted by atomic mass is 9.81. The fourth-order valence-corrected chi connectivity index (χ4v) is 23.7. The minimum atomic E-state index is -4.07. The zero-order valence-electron chi connectivity index (χ0n) is 65.4. The summed E-state index contributed by atoms with van der Waals surface area (Å²) < 4.78 is 186. The number of Topliss-reactive ketones (excluding diaryl/α,β-unsaturated/α-hetero) is 3. The van der Waals surface area contributed by atoms with E-state index in [-0.39, 0.29) is 114 Å². The lowest BCUT2D eigenvalue weighted by Gasteiger charge is -2.35.